The number of allylic oxidation sites excluding steroid dienone is 19. The van der Waals surface area contributed by atoms with Crippen LogP contribution in [0.5, 0.6) is 0 Å². The zero-order chi connectivity index (χ0) is 63.5. The number of esters is 1. The van der Waals surface area contributed by atoms with E-state index in [9.17, 15) is 19.0 Å². The molecule has 0 bridgehead atoms. The Balaban J connectivity index is 5.16. The first-order valence-corrected chi connectivity index (χ1v) is 37.4. The van der Waals surface area contributed by atoms with Gasteiger partial charge in [0.1, 0.15) is 19.3 Å². The van der Waals surface area contributed by atoms with Gasteiger partial charge in [0.25, 0.3) is 0 Å². The Kier molecular flexibility index (Phi) is 62.7. The number of carbonyl (C=O) groups excluding carboxylic acids is 2. The van der Waals surface area contributed by atoms with Crippen molar-refractivity contribution < 1.29 is 37.3 Å². The molecule has 0 rings (SSSR count). The molecular weight excluding hydrogens is 1100 g/mol. The third-order valence-electron chi connectivity index (χ3n) is 15.4. The molecule has 0 spiro atoms. The molecule has 0 aromatic carbocycles. The highest BCUT2D eigenvalue weighted by Crippen LogP contribution is 2.43. The first kappa shape index (κ1) is 83.4. The van der Waals surface area contributed by atoms with Crippen molar-refractivity contribution in [1.29, 1.82) is 0 Å². The Morgan fingerprint density at radius 3 is 1.13 bits per heavy atom. The predicted octanol–water partition coefficient (Wildman–Crippen LogP) is 23.0. The highest BCUT2D eigenvalue weighted by molar-refractivity contribution is 7.47. The summed E-state index contributed by atoms with van der Waals surface area (Å²) in [5.41, 5.74) is 0. The molecule has 3 unspecified atom stereocenters. The Morgan fingerprint density at radius 1 is 0.414 bits per heavy atom. The third kappa shape index (κ3) is 66.7. The minimum absolute atomic E-state index is 0.0313. The number of rotatable bonds is 64. The molecule has 0 aromatic rings. The number of nitrogens with zero attached hydrogens (tertiary/aromatic N) is 1. The van der Waals surface area contributed by atoms with Gasteiger partial charge in [-0.05, 0) is 122 Å². The maximum absolute atomic E-state index is 13.6. The summed E-state index contributed by atoms with van der Waals surface area (Å²) in [6.07, 6.45) is 92.0. The molecule has 0 saturated heterocycles. The fourth-order valence-electron chi connectivity index (χ4n) is 9.89. The molecule has 9 nitrogen and oxygen atoms in total. The van der Waals surface area contributed by atoms with Crippen molar-refractivity contribution in [3.05, 3.63) is 122 Å². The van der Waals surface area contributed by atoms with Gasteiger partial charge in [0.2, 0.25) is 5.91 Å². The Bertz CT molecular complexity index is 1900. The van der Waals surface area contributed by atoms with Crippen LogP contribution in [0, 0.1) is 0 Å². The van der Waals surface area contributed by atoms with Crippen LogP contribution < -0.4 is 5.32 Å². The van der Waals surface area contributed by atoms with Gasteiger partial charge >= 0.3 is 13.8 Å². The smallest absolute Gasteiger partial charge is 0.456 e. The van der Waals surface area contributed by atoms with Gasteiger partial charge in [-0.15, -0.1) is 0 Å². The van der Waals surface area contributed by atoms with E-state index in [-0.39, 0.29) is 31.5 Å². The number of carbonyl (C=O) groups is 2. The van der Waals surface area contributed by atoms with Crippen LogP contribution in [-0.2, 0) is 27.9 Å². The average molecular weight is 1230 g/mol. The largest absolute Gasteiger partial charge is 0.472 e. The normalized spacial score (nSPS) is 14.2. The maximum atomic E-state index is 13.6. The number of likely N-dealkylation sites (N-methyl/N-ethyl adjacent to an activating group) is 1. The number of hydrogen-bond acceptors (Lipinski definition) is 6. The van der Waals surface area contributed by atoms with Crippen molar-refractivity contribution >= 4 is 19.7 Å². The third-order valence-corrected chi connectivity index (χ3v) is 16.4. The van der Waals surface area contributed by atoms with E-state index in [1.54, 1.807) is 0 Å². The lowest BCUT2D eigenvalue weighted by Crippen LogP contribution is -2.47. The number of hydrogen-bond donors (Lipinski definition) is 2. The van der Waals surface area contributed by atoms with Gasteiger partial charge in [-0.25, -0.2) is 4.57 Å². The van der Waals surface area contributed by atoms with E-state index in [4.69, 9.17) is 13.8 Å². The summed E-state index contributed by atoms with van der Waals surface area (Å²) < 4.78 is 30.8. The molecule has 0 aromatic heterocycles. The van der Waals surface area contributed by atoms with Crippen molar-refractivity contribution in [2.45, 2.75) is 315 Å². The summed E-state index contributed by atoms with van der Waals surface area (Å²) in [7, 11) is 1.47. The Hall–Kier alpha value is -3.59. The molecule has 0 aliphatic rings. The molecule has 0 fully saturated rings. The molecule has 2 N–H and O–H groups in total. The highest BCUT2D eigenvalue weighted by Gasteiger charge is 2.30. The van der Waals surface area contributed by atoms with Gasteiger partial charge in [-0.1, -0.05) is 290 Å². The van der Waals surface area contributed by atoms with E-state index >= 15 is 0 Å². The molecule has 1 amide bonds. The molecule has 0 aliphatic carbocycles. The molecule has 0 aliphatic heterocycles. The Labute approximate surface area is 537 Å². The van der Waals surface area contributed by atoms with Gasteiger partial charge in [0, 0.05) is 12.8 Å². The lowest BCUT2D eigenvalue weighted by atomic mass is 10.0. The molecule has 3 atom stereocenters. The number of quaternary nitrogens is 1. The lowest BCUT2D eigenvalue weighted by molar-refractivity contribution is -0.870. The summed E-state index contributed by atoms with van der Waals surface area (Å²) in [5, 5.41) is 3.07. The maximum Gasteiger partial charge on any atom is 0.472 e. The van der Waals surface area contributed by atoms with Crippen molar-refractivity contribution in [3.63, 3.8) is 0 Å². The fraction of sp³-hybridized carbons (Fsp3) is 0.714. The van der Waals surface area contributed by atoms with Crippen molar-refractivity contribution in [2.24, 2.45) is 0 Å². The van der Waals surface area contributed by atoms with E-state index in [1.165, 1.54) is 135 Å². The molecule has 500 valence electrons. The van der Waals surface area contributed by atoms with E-state index in [0.29, 0.717) is 17.4 Å². The van der Waals surface area contributed by atoms with Gasteiger partial charge < -0.3 is 19.4 Å². The zero-order valence-electron chi connectivity index (χ0n) is 57.2. The van der Waals surface area contributed by atoms with Crippen LogP contribution >= 0.6 is 7.82 Å². The van der Waals surface area contributed by atoms with Crippen molar-refractivity contribution in [2.75, 3.05) is 40.9 Å². The first-order valence-electron chi connectivity index (χ1n) is 35.9. The SMILES string of the molecule is CC/C=C\C/C=C\C/C=C\C/C=C\C/C=C\CCCCCCCCCCCC(=O)NC(COP(=O)(O)OCC[N+](C)(C)C)C(/C=C/CCCCCCCCCCCCC)OC(=O)CCCCCCCCC/C=C\C/C=C\C/C=C\C/C=C\CCCCC. The summed E-state index contributed by atoms with van der Waals surface area (Å²) >= 11 is 0. The second-order valence-electron chi connectivity index (χ2n) is 25.0. The van der Waals surface area contributed by atoms with Crippen LogP contribution in [0.3, 0.4) is 0 Å². The average Bonchev–Trinajstić information content (AvgIpc) is 3.70. The number of phosphoric ester groups is 1. The van der Waals surface area contributed by atoms with Gasteiger partial charge in [0.05, 0.1) is 33.8 Å². The molecule has 0 radical (unpaired) electrons. The minimum atomic E-state index is -4.47. The molecule has 0 heterocycles. The molecule has 0 saturated carbocycles. The Morgan fingerprint density at radius 2 is 0.736 bits per heavy atom. The summed E-state index contributed by atoms with van der Waals surface area (Å²) in [4.78, 5) is 38.0. The second kappa shape index (κ2) is 65.4. The van der Waals surface area contributed by atoms with Crippen LogP contribution in [-0.4, -0.2) is 74.3 Å². The second-order valence-corrected chi connectivity index (χ2v) is 26.5. The van der Waals surface area contributed by atoms with Crippen LogP contribution in [0.1, 0.15) is 303 Å². The minimum Gasteiger partial charge on any atom is -0.456 e. The molecular formula is C77H136N2O7P+. The van der Waals surface area contributed by atoms with Gasteiger partial charge in [-0.2, -0.15) is 0 Å². The quantitative estimate of drug-likeness (QED) is 0.0205. The molecule has 10 heteroatoms. The number of unbranched alkanes of at least 4 members (excludes halogenated alkanes) is 30. The van der Waals surface area contributed by atoms with Crippen LogP contribution in [0.25, 0.3) is 0 Å². The summed E-state index contributed by atoms with van der Waals surface area (Å²) in [6, 6.07) is -0.866. The van der Waals surface area contributed by atoms with Crippen molar-refractivity contribution in [3.8, 4) is 0 Å². The number of ether oxygens (including phenoxy) is 1. The van der Waals surface area contributed by atoms with E-state index in [2.05, 4.69) is 135 Å². The van der Waals surface area contributed by atoms with Gasteiger partial charge in [0.15, 0.2) is 0 Å². The van der Waals surface area contributed by atoms with Crippen LogP contribution in [0.4, 0.5) is 0 Å². The van der Waals surface area contributed by atoms with E-state index in [1.807, 2.05) is 33.3 Å². The number of phosphoric acid groups is 1. The zero-order valence-corrected chi connectivity index (χ0v) is 58.1. The topological polar surface area (TPSA) is 111 Å². The first-order chi connectivity index (χ1) is 42.4. The summed E-state index contributed by atoms with van der Waals surface area (Å²) in [5.74, 6) is -0.525. The van der Waals surface area contributed by atoms with Crippen LogP contribution in [0.2, 0.25) is 0 Å². The van der Waals surface area contributed by atoms with E-state index in [0.717, 1.165) is 135 Å². The van der Waals surface area contributed by atoms with Crippen molar-refractivity contribution in [1.82, 2.24) is 5.32 Å². The highest BCUT2D eigenvalue weighted by atomic mass is 31.2. The standard InChI is InChI=1S/C77H135N2O7P/c1-7-10-13-16-19-22-25-28-30-32-34-36-38-39-41-42-44-46-48-51-54-57-60-63-66-69-76(80)78-74(73-85-87(82,83)84-72-71-79(4,5)6)75(68-65-62-59-56-53-50-27-24-21-18-15-12-9-3)86-77(81)70-67-64-61-58-55-52-49-47-45-43-40-37-35-33-31-29-26-23-20-17-14-11-8-2/h10,13,19-20,22-23,28-31,34-37,39,41,43,45,65,68,74-75H,7-9,11-12,14-18,21,24-27,32-33,38,40,42,44,46-64,66-67,69-73H2,1-6H3,(H-,78,80,82,83)/p+1/b13-10-,22-19-,23-20-,30-28-,31-29-,36-34-,37-35-,41-39-,45-43-,68-65+. The van der Waals surface area contributed by atoms with Crippen LogP contribution in [0.15, 0.2) is 122 Å². The van der Waals surface area contributed by atoms with Gasteiger partial charge in [-0.3, -0.25) is 18.6 Å². The summed E-state index contributed by atoms with van der Waals surface area (Å²) in [6.45, 7) is 6.87. The fourth-order valence-corrected chi connectivity index (χ4v) is 10.6. The monoisotopic (exact) mass is 1230 g/mol. The number of nitrogens with one attached hydrogen (secondary N) is 1. The molecule has 87 heavy (non-hydrogen) atoms. The predicted molar refractivity (Wildman–Crippen MR) is 378 cm³/mol. The number of amides is 1. The van der Waals surface area contributed by atoms with E-state index < -0.39 is 20.0 Å². The lowest BCUT2D eigenvalue weighted by Gasteiger charge is -2.27.